The van der Waals surface area contributed by atoms with Crippen molar-refractivity contribution in [2.45, 2.75) is 25.8 Å². The largest absolute Gasteiger partial charge is 0.493 e. The van der Waals surface area contributed by atoms with Gasteiger partial charge in [0.25, 0.3) is 0 Å². The second-order valence-electron chi connectivity index (χ2n) is 6.04. The van der Waals surface area contributed by atoms with Crippen LogP contribution in [0.25, 0.3) is 0 Å². The second-order valence-corrected chi connectivity index (χ2v) is 6.04. The summed E-state index contributed by atoms with van der Waals surface area (Å²) in [5.41, 5.74) is 1.82. The fraction of sp³-hybridized carbons (Fsp3) is 0.350. The van der Waals surface area contributed by atoms with Gasteiger partial charge in [0.05, 0.1) is 13.2 Å². The minimum absolute atomic E-state index is 0.222. The first kappa shape index (κ1) is 17.3. The third kappa shape index (κ3) is 4.50. The molecule has 1 aliphatic rings. The van der Waals surface area contributed by atoms with Gasteiger partial charge in [-0.05, 0) is 31.0 Å². The van der Waals surface area contributed by atoms with E-state index < -0.39 is 0 Å². The average Bonchev–Trinajstić information content (AvgIpc) is 2.65. The molecule has 0 amide bonds. The van der Waals surface area contributed by atoms with Gasteiger partial charge < -0.3 is 15.4 Å². The number of halogens is 1. The molecule has 2 aromatic rings. The van der Waals surface area contributed by atoms with Crippen LogP contribution in [-0.2, 0) is 6.54 Å². The Labute approximate surface area is 148 Å². The summed E-state index contributed by atoms with van der Waals surface area (Å²) in [7, 11) is 0. The van der Waals surface area contributed by atoms with Gasteiger partial charge in [0.1, 0.15) is 11.6 Å². The summed E-state index contributed by atoms with van der Waals surface area (Å²) in [6.45, 7) is 4.58. The third-order valence-electron chi connectivity index (χ3n) is 4.31. The topological polar surface area (TPSA) is 45.7 Å². The van der Waals surface area contributed by atoms with Gasteiger partial charge in [0, 0.05) is 24.6 Å². The second kappa shape index (κ2) is 8.51. The summed E-state index contributed by atoms with van der Waals surface area (Å²) >= 11 is 0. The molecule has 0 aliphatic carbocycles. The zero-order chi connectivity index (χ0) is 17.5. The first-order chi connectivity index (χ1) is 12.3. The Morgan fingerprint density at radius 1 is 1.16 bits per heavy atom. The van der Waals surface area contributed by atoms with Crippen molar-refractivity contribution in [3.05, 3.63) is 65.5 Å². The highest BCUT2D eigenvalue weighted by atomic mass is 19.1. The van der Waals surface area contributed by atoms with Crippen molar-refractivity contribution >= 4 is 5.96 Å². The van der Waals surface area contributed by atoms with E-state index in [2.05, 4.69) is 21.7 Å². The molecule has 1 atom stereocenters. The highest BCUT2D eigenvalue weighted by molar-refractivity contribution is 5.79. The molecule has 0 spiro atoms. The van der Waals surface area contributed by atoms with Gasteiger partial charge in [-0.2, -0.15) is 0 Å². The van der Waals surface area contributed by atoms with Crippen LogP contribution in [0.3, 0.4) is 0 Å². The summed E-state index contributed by atoms with van der Waals surface area (Å²) in [4.78, 5) is 4.51. The molecule has 0 saturated heterocycles. The number of rotatable bonds is 5. The van der Waals surface area contributed by atoms with E-state index >= 15 is 0 Å². The molecule has 25 heavy (non-hydrogen) atoms. The first-order valence-corrected chi connectivity index (χ1v) is 8.75. The van der Waals surface area contributed by atoms with Crippen LogP contribution in [0.15, 0.2) is 53.5 Å². The van der Waals surface area contributed by atoms with Crippen LogP contribution in [0.1, 0.15) is 30.4 Å². The van der Waals surface area contributed by atoms with Crippen LogP contribution in [-0.4, -0.2) is 25.7 Å². The fourth-order valence-electron chi connectivity index (χ4n) is 2.98. The van der Waals surface area contributed by atoms with Gasteiger partial charge in [0.2, 0.25) is 0 Å². The number of nitrogens with one attached hydrogen (secondary N) is 2. The Bertz CT molecular complexity index is 732. The van der Waals surface area contributed by atoms with E-state index in [1.165, 1.54) is 11.6 Å². The zero-order valence-electron chi connectivity index (χ0n) is 14.5. The molecule has 4 nitrogen and oxygen atoms in total. The van der Waals surface area contributed by atoms with Gasteiger partial charge in [-0.3, -0.25) is 0 Å². The molecular formula is C20H24FN3O. The molecule has 0 bridgehead atoms. The van der Waals surface area contributed by atoms with Gasteiger partial charge in [-0.15, -0.1) is 0 Å². The zero-order valence-corrected chi connectivity index (χ0v) is 14.5. The molecule has 5 heteroatoms. The Morgan fingerprint density at radius 2 is 1.96 bits per heavy atom. The molecule has 0 radical (unpaired) electrons. The van der Waals surface area contributed by atoms with Crippen LogP contribution >= 0.6 is 0 Å². The minimum atomic E-state index is -0.222. The quantitative estimate of drug-likeness (QED) is 0.647. The minimum Gasteiger partial charge on any atom is -0.493 e. The van der Waals surface area contributed by atoms with Crippen LogP contribution in [0, 0.1) is 5.82 Å². The number of aliphatic imine (C=N–C) groups is 1. The average molecular weight is 341 g/mol. The number of fused-ring (bicyclic) bond motifs is 1. The van der Waals surface area contributed by atoms with Crippen molar-refractivity contribution < 1.29 is 9.13 Å². The number of guanidine groups is 1. The van der Waals surface area contributed by atoms with Crippen molar-refractivity contribution in [3.8, 4) is 5.75 Å². The highest BCUT2D eigenvalue weighted by Crippen LogP contribution is 2.32. The molecule has 2 N–H and O–H groups in total. The molecule has 2 aromatic carbocycles. The number of ether oxygens (including phenoxy) is 1. The van der Waals surface area contributed by atoms with Crippen LogP contribution in [0.4, 0.5) is 4.39 Å². The van der Waals surface area contributed by atoms with E-state index in [0.717, 1.165) is 31.9 Å². The van der Waals surface area contributed by atoms with E-state index in [1.807, 2.05) is 31.2 Å². The van der Waals surface area contributed by atoms with Crippen molar-refractivity contribution in [3.63, 3.8) is 0 Å². The van der Waals surface area contributed by atoms with E-state index in [-0.39, 0.29) is 5.82 Å². The van der Waals surface area contributed by atoms with Crippen molar-refractivity contribution in [2.24, 2.45) is 4.99 Å². The smallest absolute Gasteiger partial charge is 0.191 e. The maximum absolute atomic E-state index is 13.7. The molecule has 3 rings (SSSR count). The Balaban J connectivity index is 1.65. The normalized spacial score (nSPS) is 16.7. The number of nitrogens with zero attached hydrogens (tertiary/aromatic N) is 1. The molecule has 1 unspecified atom stereocenters. The lowest BCUT2D eigenvalue weighted by atomic mass is 9.93. The number of para-hydroxylation sites is 1. The lowest BCUT2D eigenvalue weighted by Gasteiger charge is -2.26. The van der Waals surface area contributed by atoms with E-state index in [0.29, 0.717) is 24.0 Å². The van der Waals surface area contributed by atoms with Crippen molar-refractivity contribution in [1.29, 1.82) is 0 Å². The van der Waals surface area contributed by atoms with Crippen molar-refractivity contribution in [2.75, 3.05) is 19.7 Å². The molecular weight excluding hydrogens is 317 g/mol. The molecule has 0 fully saturated rings. The van der Waals surface area contributed by atoms with E-state index in [4.69, 9.17) is 4.74 Å². The molecule has 0 saturated carbocycles. The van der Waals surface area contributed by atoms with Gasteiger partial charge in [-0.25, -0.2) is 9.38 Å². The molecule has 1 heterocycles. The van der Waals surface area contributed by atoms with E-state index in [9.17, 15) is 4.39 Å². The third-order valence-corrected chi connectivity index (χ3v) is 4.31. The monoisotopic (exact) mass is 341 g/mol. The highest BCUT2D eigenvalue weighted by Gasteiger charge is 2.21. The summed E-state index contributed by atoms with van der Waals surface area (Å²) in [6, 6.07) is 14.9. The molecule has 0 aromatic heterocycles. The Morgan fingerprint density at radius 3 is 2.80 bits per heavy atom. The maximum Gasteiger partial charge on any atom is 0.191 e. The molecule has 132 valence electrons. The van der Waals surface area contributed by atoms with Gasteiger partial charge >= 0.3 is 0 Å². The van der Waals surface area contributed by atoms with Crippen LogP contribution in [0.2, 0.25) is 0 Å². The summed E-state index contributed by atoms with van der Waals surface area (Å²) in [6.07, 6.45) is 0.969. The summed E-state index contributed by atoms with van der Waals surface area (Å²) in [5.74, 6) is 1.83. The predicted octanol–water partition coefficient (Wildman–Crippen LogP) is 3.45. The van der Waals surface area contributed by atoms with Gasteiger partial charge in [0.15, 0.2) is 5.96 Å². The summed E-state index contributed by atoms with van der Waals surface area (Å²) in [5, 5.41) is 6.60. The standard InChI is InChI=1S/C20H24FN3O/c1-2-22-20(24-14-16-7-3-5-9-18(16)21)23-13-15-11-12-25-19-10-6-4-8-17(15)19/h3-10,15H,2,11-14H2,1H3,(H2,22,23,24). The molecule has 1 aliphatic heterocycles. The van der Waals surface area contributed by atoms with Crippen LogP contribution < -0.4 is 15.4 Å². The SMILES string of the molecule is CCNC(=NCc1ccccc1F)NCC1CCOc2ccccc21. The lowest BCUT2D eigenvalue weighted by Crippen LogP contribution is -2.40. The number of hydrogen-bond acceptors (Lipinski definition) is 2. The Hall–Kier alpha value is -2.56. The Kier molecular flexibility index (Phi) is 5.88. The van der Waals surface area contributed by atoms with E-state index in [1.54, 1.807) is 12.1 Å². The maximum atomic E-state index is 13.7. The fourth-order valence-corrected chi connectivity index (χ4v) is 2.98. The predicted molar refractivity (Wildman–Crippen MR) is 98.5 cm³/mol. The van der Waals surface area contributed by atoms with Gasteiger partial charge in [-0.1, -0.05) is 36.4 Å². The summed E-state index contributed by atoms with van der Waals surface area (Å²) < 4.78 is 19.5. The number of hydrogen-bond donors (Lipinski definition) is 2. The van der Waals surface area contributed by atoms with Crippen LogP contribution in [0.5, 0.6) is 5.75 Å². The lowest BCUT2D eigenvalue weighted by molar-refractivity contribution is 0.267. The first-order valence-electron chi connectivity index (χ1n) is 8.75. The number of benzene rings is 2. The van der Waals surface area contributed by atoms with Crippen molar-refractivity contribution in [1.82, 2.24) is 10.6 Å².